The van der Waals surface area contributed by atoms with Gasteiger partial charge >= 0.3 is 27.3 Å². The topological polar surface area (TPSA) is 107 Å². The molecular formula is C17H22F2O7S. The average molecular weight is 408 g/mol. The molecular weight excluding hydrogens is 386 g/mol. The molecule has 1 N–H and O–H groups in total. The summed E-state index contributed by atoms with van der Waals surface area (Å²) in [4.78, 5) is 24.7. The second-order valence-electron chi connectivity index (χ2n) is 8.28. The molecule has 152 valence electrons. The second-order valence-corrected chi connectivity index (χ2v) is 9.83. The molecule has 4 aliphatic carbocycles. The number of carbonyl (C=O) groups is 2. The average Bonchev–Trinajstić information content (AvgIpc) is 2.49. The maximum absolute atomic E-state index is 13.4. The van der Waals surface area contributed by atoms with Gasteiger partial charge in [0.2, 0.25) is 0 Å². The molecule has 0 aromatic carbocycles. The highest BCUT2D eigenvalue weighted by Crippen LogP contribution is 2.63. The number of halogens is 2. The molecule has 0 saturated heterocycles. The van der Waals surface area contributed by atoms with Crippen LogP contribution in [0.1, 0.15) is 45.4 Å². The van der Waals surface area contributed by atoms with E-state index in [0.29, 0.717) is 25.7 Å². The normalized spacial score (nSPS) is 35.0. The van der Waals surface area contributed by atoms with Crippen LogP contribution in [0.25, 0.3) is 0 Å². The highest BCUT2D eigenvalue weighted by molar-refractivity contribution is 7.86. The molecule has 0 aromatic rings. The molecule has 4 fully saturated rings. The van der Waals surface area contributed by atoms with Crippen LogP contribution in [-0.4, -0.2) is 42.4 Å². The molecule has 4 rings (SSSR count). The van der Waals surface area contributed by atoms with Crippen LogP contribution in [0.3, 0.4) is 0 Å². The number of esters is 2. The standard InChI is InChI=1S/C17H22F2O7S/c1-10(2)13(20)26-16-6-11-3-12(7-16)5-15(4-11,8-16)14(21)25-9-17(18,19)27(22,23)24/h11-12H,1,3-9H2,2H3,(H,22,23,24)/t11-,12?,15?,16?/m0/s1. The summed E-state index contributed by atoms with van der Waals surface area (Å²) < 4.78 is 67.0. The molecule has 4 atom stereocenters. The summed E-state index contributed by atoms with van der Waals surface area (Å²) in [5.74, 6) is -1.30. The fourth-order valence-electron chi connectivity index (χ4n) is 5.20. The maximum atomic E-state index is 13.4. The van der Waals surface area contributed by atoms with Crippen LogP contribution in [0.4, 0.5) is 8.78 Å². The van der Waals surface area contributed by atoms with E-state index in [9.17, 15) is 26.8 Å². The Morgan fingerprint density at radius 1 is 1.22 bits per heavy atom. The fraction of sp³-hybridized carbons (Fsp3) is 0.765. The summed E-state index contributed by atoms with van der Waals surface area (Å²) in [6.45, 7) is 3.32. The Morgan fingerprint density at radius 2 is 1.78 bits per heavy atom. The van der Waals surface area contributed by atoms with Crippen molar-refractivity contribution in [3.63, 3.8) is 0 Å². The lowest BCUT2D eigenvalue weighted by molar-refractivity contribution is -0.212. The second kappa shape index (κ2) is 6.23. The molecule has 4 saturated carbocycles. The smallest absolute Gasteiger partial charge is 0.402 e. The predicted molar refractivity (Wildman–Crippen MR) is 88.2 cm³/mol. The summed E-state index contributed by atoms with van der Waals surface area (Å²) in [6, 6.07) is 0. The molecule has 0 amide bonds. The number of alkyl halides is 2. The number of rotatable bonds is 6. The molecule has 0 aromatic heterocycles. The van der Waals surface area contributed by atoms with Gasteiger partial charge in [0.15, 0.2) is 6.61 Å². The van der Waals surface area contributed by atoms with Crippen molar-refractivity contribution in [1.29, 1.82) is 0 Å². The van der Waals surface area contributed by atoms with Gasteiger partial charge in [0.25, 0.3) is 0 Å². The van der Waals surface area contributed by atoms with Crippen molar-refractivity contribution >= 4 is 22.1 Å². The van der Waals surface area contributed by atoms with Crippen LogP contribution in [0, 0.1) is 17.3 Å². The molecule has 27 heavy (non-hydrogen) atoms. The molecule has 0 heterocycles. The molecule has 4 aliphatic rings. The zero-order valence-corrected chi connectivity index (χ0v) is 15.7. The first-order valence-electron chi connectivity index (χ1n) is 8.69. The van der Waals surface area contributed by atoms with Crippen molar-refractivity contribution in [2.75, 3.05) is 6.61 Å². The molecule has 7 nitrogen and oxygen atoms in total. The maximum Gasteiger partial charge on any atom is 0.402 e. The fourth-order valence-corrected chi connectivity index (χ4v) is 5.41. The first-order chi connectivity index (χ1) is 12.3. The summed E-state index contributed by atoms with van der Waals surface area (Å²) in [6.07, 6.45) is 3.06. The number of hydrogen-bond donors (Lipinski definition) is 1. The summed E-state index contributed by atoms with van der Waals surface area (Å²) >= 11 is 0. The highest BCUT2D eigenvalue weighted by Gasteiger charge is 2.63. The van der Waals surface area contributed by atoms with Crippen molar-refractivity contribution in [1.82, 2.24) is 0 Å². The Morgan fingerprint density at radius 3 is 2.26 bits per heavy atom. The van der Waals surface area contributed by atoms with Crippen molar-refractivity contribution in [2.45, 2.75) is 56.3 Å². The quantitative estimate of drug-likeness (QED) is 0.409. The van der Waals surface area contributed by atoms with Gasteiger partial charge in [-0.2, -0.15) is 17.2 Å². The third-order valence-corrected chi connectivity index (χ3v) is 6.72. The predicted octanol–water partition coefficient (Wildman–Crippen LogP) is 2.47. The Labute approximate surface area is 155 Å². The zero-order chi connectivity index (χ0) is 20.3. The van der Waals surface area contributed by atoms with Gasteiger partial charge in [-0.1, -0.05) is 6.58 Å². The van der Waals surface area contributed by atoms with Gasteiger partial charge in [0, 0.05) is 12.0 Å². The van der Waals surface area contributed by atoms with Crippen LogP contribution in [-0.2, 0) is 29.2 Å². The molecule has 3 unspecified atom stereocenters. The first kappa shape index (κ1) is 20.2. The monoisotopic (exact) mass is 408 g/mol. The first-order valence-corrected chi connectivity index (χ1v) is 10.1. The Balaban J connectivity index is 1.78. The summed E-state index contributed by atoms with van der Waals surface area (Å²) in [5, 5.41) is -4.57. The van der Waals surface area contributed by atoms with Crippen molar-refractivity contribution < 1.29 is 40.8 Å². The van der Waals surface area contributed by atoms with Crippen molar-refractivity contribution in [3.05, 3.63) is 12.2 Å². The van der Waals surface area contributed by atoms with E-state index in [2.05, 4.69) is 11.3 Å². The van der Waals surface area contributed by atoms with Crippen molar-refractivity contribution in [2.24, 2.45) is 17.3 Å². The van der Waals surface area contributed by atoms with Crippen molar-refractivity contribution in [3.8, 4) is 0 Å². The molecule has 0 radical (unpaired) electrons. The van der Waals surface area contributed by atoms with Gasteiger partial charge in [-0.05, 0) is 50.9 Å². The number of ether oxygens (including phenoxy) is 2. The third kappa shape index (κ3) is 3.61. The SMILES string of the molecule is C=C(C)C(=O)OC12CC3C[C@H](C1)CC(C(=O)OCC(F)(F)S(=O)(=O)O)(C3)C2. The van der Waals surface area contributed by atoms with Gasteiger partial charge in [0.05, 0.1) is 5.41 Å². The Hall–Kier alpha value is -1.55. The lowest BCUT2D eigenvalue weighted by atomic mass is 9.48. The van der Waals surface area contributed by atoms with Gasteiger partial charge < -0.3 is 9.47 Å². The molecule has 10 heteroatoms. The van der Waals surface area contributed by atoms with E-state index in [1.54, 1.807) is 0 Å². The number of hydrogen-bond acceptors (Lipinski definition) is 6. The number of carbonyl (C=O) groups excluding carboxylic acids is 2. The van der Waals surface area contributed by atoms with E-state index in [-0.39, 0.29) is 23.8 Å². The lowest BCUT2D eigenvalue weighted by Crippen LogP contribution is -2.60. The van der Waals surface area contributed by atoms with Crippen LogP contribution < -0.4 is 0 Å². The lowest BCUT2D eigenvalue weighted by Gasteiger charge is -2.59. The van der Waals surface area contributed by atoms with Crippen LogP contribution in [0.15, 0.2) is 12.2 Å². The van der Waals surface area contributed by atoms with E-state index >= 15 is 0 Å². The van der Waals surface area contributed by atoms with E-state index in [1.165, 1.54) is 6.92 Å². The minimum absolute atomic E-state index is 0.0961. The third-order valence-electron chi connectivity index (χ3n) is 5.85. The Bertz CT molecular complexity index is 775. The van der Waals surface area contributed by atoms with E-state index < -0.39 is 44.9 Å². The van der Waals surface area contributed by atoms with Crippen LogP contribution >= 0.6 is 0 Å². The molecule has 0 spiro atoms. The van der Waals surface area contributed by atoms with Gasteiger partial charge in [0.1, 0.15) is 5.60 Å². The van der Waals surface area contributed by atoms with Crippen LogP contribution in [0.2, 0.25) is 0 Å². The summed E-state index contributed by atoms with van der Waals surface area (Å²) in [7, 11) is -5.68. The van der Waals surface area contributed by atoms with Gasteiger partial charge in [-0.25, -0.2) is 4.79 Å². The van der Waals surface area contributed by atoms with E-state index in [4.69, 9.17) is 9.29 Å². The van der Waals surface area contributed by atoms with Gasteiger partial charge in [-0.3, -0.25) is 9.35 Å². The molecule has 4 bridgehead atoms. The largest absolute Gasteiger partial charge is 0.458 e. The Kier molecular flexibility index (Phi) is 4.66. The highest BCUT2D eigenvalue weighted by atomic mass is 32.2. The minimum Gasteiger partial charge on any atom is -0.458 e. The van der Waals surface area contributed by atoms with E-state index in [1.807, 2.05) is 0 Å². The zero-order valence-electron chi connectivity index (χ0n) is 14.9. The minimum atomic E-state index is -5.68. The van der Waals surface area contributed by atoms with Gasteiger partial charge in [-0.15, -0.1) is 0 Å². The summed E-state index contributed by atoms with van der Waals surface area (Å²) in [5.41, 5.74) is -1.71. The van der Waals surface area contributed by atoms with E-state index in [0.717, 1.165) is 6.42 Å². The molecule has 0 aliphatic heterocycles. The van der Waals surface area contributed by atoms with Crippen LogP contribution in [0.5, 0.6) is 0 Å².